The second-order valence-electron chi connectivity index (χ2n) is 4.34. The first-order valence-electron chi connectivity index (χ1n) is 5.43. The number of carboxylic acids is 1. The summed E-state index contributed by atoms with van der Waals surface area (Å²) in [6.07, 6.45) is 1.58. The molecule has 0 aromatic carbocycles. The van der Waals surface area contributed by atoms with Gasteiger partial charge in [-0.2, -0.15) is 0 Å². The molecule has 0 bridgehead atoms. The van der Waals surface area contributed by atoms with Crippen molar-refractivity contribution >= 4 is 23.2 Å². The average Bonchev–Trinajstić information content (AvgIpc) is 2.62. The lowest BCUT2D eigenvalue weighted by atomic mass is 9.87. The highest BCUT2D eigenvalue weighted by Crippen LogP contribution is 2.26. The molecule has 1 saturated heterocycles. The summed E-state index contributed by atoms with van der Waals surface area (Å²) >= 11 is 1.37. The van der Waals surface area contributed by atoms with Crippen molar-refractivity contribution in [2.45, 2.75) is 13.8 Å². The molecule has 6 heteroatoms. The Hall–Kier alpha value is -1.43. The molecule has 5 nitrogen and oxygen atoms in total. The summed E-state index contributed by atoms with van der Waals surface area (Å²) in [5.41, 5.74) is 0. The average molecular weight is 254 g/mol. The summed E-state index contributed by atoms with van der Waals surface area (Å²) < 4.78 is 0. The molecule has 0 aliphatic carbocycles. The number of carboxylic acid groups (broad SMARTS) is 1. The second-order valence-corrected chi connectivity index (χ2v) is 5.58. The minimum atomic E-state index is -0.796. The summed E-state index contributed by atoms with van der Waals surface area (Å²) in [7, 11) is 0. The van der Waals surface area contributed by atoms with Gasteiger partial charge in [0.2, 0.25) is 0 Å². The lowest BCUT2D eigenvalue weighted by Gasteiger charge is -2.40. The van der Waals surface area contributed by atoms with Gasteiger partial charge in [-0.1, -0.05) is 6.92 Å². The van der Waals surface area contributed by atoms with Crippen molar-refractivity contribution in [1.29, 1.82) is 0 Å². The van der Waals surface area contributed by atoms with Crippen molar-refractivity contribution in [2.75, 3.05) is 13.1 Å². The molecule has 17 heavy (non-hydrogen) atoms. The van der Waals surface area contributed by atoms with E-state index in [2.05, 4.69) is 4.98 Å². The monoisotopic (exact) mass is 254 g/mol. The number of carbonyl (C=O) groups excluding carboxylic acids is 1. The Kier molecular flexibility index (Phi) is 3.15. The Morgan fingerprint density at radius 2 is 2.24 bits per heavy atom. The van der Waals surface area contributed by atoms with Gasteiger partial charge in [-0.25, -0.2) is 4.98 Å². The van der Waals surface area contributed by atoms with Gasteiger partial charge in [0.25, 0.3) is 5.91 Å². The van der Waals surface area contributed by atoms with Crippen LogP contribution in [0.3, 0.4) is 0 Å². The Morgan fingerprint density at radius 3 is 2.71 bits per heavy atom. The van der Waals surface area contributed by atoms with E-state index in [1.54, 1.807) is 18.0 Å². The number of aliphatic carboxylic acids is 1. The van der Waals surface area contributed by atoms with E-state index in [0.29, 0.717) is 18.0 Å². The van der Waals surface area contributed by atoms with Crippen LogP contribution in [0.4, 0.5) is 0 Å². The number of hydrogen-bond acceptors (Lipinski definition) is 4. The summed E-state index contributed by atoms with van der Waals surface area (Å²) in [5.74, 6) is -1.15. The summed E-state index contributed by atoms with van der Waals surface area (Å²) in [4.78, 5) is 29.0. The van der Waals surface area contributed by atoms with Crippen LogP contribution in [0.25, 0.3) is 0 Å². The first kappa shape index (κ1) is 12.0. The molecule has 1 atom stereocenters. The third kappa shape index (κ3) is 2.31. The number of aromatic nitrogens is 1. The first-order chi connectivity index (χ1) is 7.99. The number of likely N-dealkylation sites (tertiary alicyclic amines) is 1. The topological polar surface area (TPSA) is 70.5 Å². The highest BCUT2D eigenvalue weighted by atomic mass is 32.1. The van der Waals surface area contributed by atoms with Crippen LogP contribution in [-0.4, -0.2) is 40.0 Å². The van der Waals surface area contributed by atoms with Crippen LogP contribution in [0.2, 0.25) is 0 Å². The minimum absolute atomic E-state index is 0.0376. The molecule has 0 radical (unpaired) electrons. The Bertz CT molecular complexity index is 451. The molecule has 1 aromatic rings. The molecule has 1 unspecified atom stereocenters. The summed E-state index contributed by atoms with van der Waals surface area (Å²) in [6.45, 7) is 4.60. The van der Waals surface area contributed by atoms with Gasteiger partial charge in [-0.05, 0) is 6.92 Å². The van der Waals surface area contributed by atoms with Crippen LogP contribution in [0.15, 0.2) is 6.20 Å². The number of hydrogen-bond donors (Lipinski definition) is 1. The second kappa shape index (κ2) is 4.44. The van der Waals surface area contributed by atoms with Crippen LogP contribution in [0.1, 0.15) is 21.6 Å². The number of thiazole rings is 1. The van der Waals surface area contributed by atoms with Crippen molar-refractivity contribution in [3.63, 3.8) is 0 Å². The largest absolute Gasteiger partial charge is 0.481 e. The molecular formula is C11H14N2O3S. The molecular weight excluding hydrogens is 240 g/mol. The van der Waals surface area contributed by atoms with Crippen LogP contribution >= 0.6 is 11.3 Å². The maximum atomic E-state index is 11.9. The number of carbonyl (C=O) groups is 2. The molecule has 1 amide bonds. The third-order valence-corrected chi connectivity index (χ3v) is 4.03. The van der Waals surface area contributed by atoms with Gasteiger partial charge in [-0.3, -0.25) is 9.59 Å². The van der Waals surface area contributed by atoms with E-state index in [9.17, 15) is 9.59 Å². The fraction of sp³-hybridized carbons (Fsp3) is 0.545. The lowest BCUT2D eigenvalue weighted by Crippen LogP contribution is -2.53. The van der Waals surface area contributed by atoms with Crippen molar-refractivity contribution in [1.82, 2.24) is 9.88 Å². The van der Waals surface area contributed by atoms with E-state index in [0.717, 1.165) is 5.01 Å². The molecule has 0 saturated carbocycles. The molecule has 1 N–H and O–H groups in total. The summed E-state index contributed by atoms with van der Waals surface area (Å²) in [6, 6.07) is 0. The van der Waals surface area contributed by atoms with E-state index in [-0.39, 0.29) is 17.7 Å². The zero-order chi connectivity index (χ0) is 12.6. The predicted molar refractivity (Wildman–Crippen MR) is 63.0 cm³/mol. The SMILES string of the molecule is Cc1ncc(C(=O)N2CC(C(C)C(=O)O)C2)s1. The van der Waals surface area contributed by atoms with Gasteiger partial charge < -0.3 is 10.0 Å². The fourth-order valence-electron chi connectivity index (χ4n) is 1.81. The number of amides is 1. The van der Waals surface area contributed by atoms with E-state index < -0.39 is 5.97 Å². The van der Waals surface area contributed by atoms with Gasteiger partial charge in [0.15, 0.2) is 0 Å². The number of aryl methyl sites for hydroxylation is 1. The molecule has 92 valence electrons. The van der Waals surface area contributed by atoms with Crippen LogP contribution < -0.4 is 0 Å². The minimum Gasteiger partial charge on any atom is -0.481 e. The Labute approximate surface area is 103 Å². The Balaban J connectivity index is 1.92. The molecule has 2 heterocycles. The maximum absolute atomic E-state index is 11.9. The standard InChI is InChI=1S/C11H14N2O3S/c1-6(11(15)16)8-4-13(5-8)10(14)9-3-12-7(2)17-9/h3,6,8H,4-5H2,1-2H3,(H,15,16). The van der Waals surface area contributed by atoms with E-state index >= 15 is 0 Å². The Morgan fingerprint density at radius 1 is 1.59 bits per heavy atom. The summed E-state index contributed by atoms with van der Waals surface area (Å²) in [5, 5.41) is 9.72. The molecule has 1 aliphatic rings. The maximum Gasteiger partial charge on any atom is 0.306 e. The van der Waals surface area contributed by atoms with Gasteiger partial charge in [0.1, 0.15) is 4.88 Å². The van der Waals surface area contributed by atoms with Crippen molar-refractivity contribution < 1.29 is 14.7 Å². The van der Waals surface area contributed by atoms with Crippen LogP contribution in [0.5, 0.6) is 0 Å². The molecule has 1 aromatic heterocycles. The highest BCUT2D eigenvalue weighted by molar-refractivity contribution is 7.13. The van der Waals surface area contributed by atoms with E-state index in [1.165, 1.54) is 11.3 Å². The van der Waals surface area contributed by atoms with E-state index in [4.69, 9.17) is 5.11 Å². The van der Waals surface area contributed by atoms with Crippen molar-refractivity contribution in [3.8, 4) is 0 Å². The quantitative estimate of drug-likeness (QED) is 0.881. The van der Waals surface area contributed by atoms with Crippen molar-refractivity contribution in [2.24, 2.45) is 11.8 Å². The molecule has 1 fully saturated rings. The first-order valence-corrected chi connectivity index (χ1v) is 6.25. The fourth-order valence-corrected chi connectivity index (χ4v) is 2.56. The third-order valence-electron chi connectivity index (χ3n) is 3.13. The van der Waals surface area contributed by atoms with Gasteiger partial charge >= 0.3 is 5.97 Å². The molecule has 1 aliphatic heterocycles. The van der Waals surface area contributed by atoms with Gasteiger partial charge in [-0.15, -0.1) is 11.3 Å². The normalized spacial score (nSPS) is 17.6. The lowest BCUT2D eigenvalue weighted by molar-refractivity contribution is -0.144. The zero-order valence-electron chi connectivity index (χ0n) is 9.71. The number of rotatable bonds is 3. The highest BCUT2D eigenvalue weighted by Gasteiger charge is 2.37. The molecule has 2 rings (SSSR count). The van der Waals surface area contributed by atoms with Gasteiger partial charge in [0.05, 0.1) is 17.1 Å². The molecule has 0 spiro atoms. The van der Waals surface area contributed by atoms with Crippen LogP contribution in [-0.2, 0) is 4.79 Å². The van der Waals surface area contributed by atoms with Gasteiger partial charge in [0, 0.05) is 19.0 Å². The smallest absolute Gasteiger partial charge is 0.306 e. The zero-order valence-corrected chi connectivity index (χ0v) is 10.5. The van der Waals surface area contributed by atoms with E-state index in [1.807, 2.05) is 6.92 Å². The van der Waals surface area contributed by atoms with Crippen LogP contribution in [0, 0.1) is 18.8 Å². The number of nitrogens with zero attached hydrogens (tertiary/aromatic N) is 2. The predicted octanol–water partition coefficient (Wildman–Crippen LogP) is 1.24. The van der Waals surface area contributed by atoms with Crippen molar-refractivity contribution in [3.05, 3.63) is 16.1 Å².